The van der Waals surface area contributed by atoms with Gasteiger partial charge in [0.25, 0.3) is 0 Å². The minimum Gasteiger partial charge on any atom is -0.497 e. The van der Waals surface area contributed by atoms with Crippen molar-refractivity contribution in [1.29, 1.82) is 0 Å². The Morgan fingerprint density at radius 3 is 2.19 bits per heavy atom. The summed E-state index contributed by atoms with van der Waals surface area (Å²) in [5, 5.41) is 0. The third-order valence-corrected chi connectivity index (χ3v) is 5.42. The highest BCUT2D eigenvalue weighted by atomic mass is 16.5. The van der Waals surface area contributed by atoms with Crippen LogP contribution in [-0.2, 0) is 20.7 Å². The smallest absolute Gasteiger partial charge is 0.310 e. The van der Waals surface area contributed by atoms with E-state index in [1.807, 2.05) is 36.1 Å². The van der Waals surface area contributed by atoms with Crippen molar-refractivity contribution in [2.75, 3.05) is 20.8 Å². The van der Waals surface area contributed by atoms with Crippen LogP contribution in [0.15, 0.2) is 24.3 Å². The molecule has 1 saturated carbocycles. The first-order valence-electron chi connectivity index (χ1n) is 10.1. The van der Waals surface area contributed by atoms with Crippen LogP contribution < -0.4 is 4.74 Å². The standard InChI is InChI=1S/C22H33NO4/c1-17(22(25)27-3)16-23(19-9-7-5-4-6-8-10-19)21(24)15-18-11-13-20(26-2)14-12-18/h11-14,17,19H,4-10,15-16H2,1-3H3. The molecule has 2 rings (SSSR count). The van der Waals surface area contributed by atoms with Gasteiger partial charge in [0.2, 0.25) is 5.91 Å². The fourth-order valence-electron chi connectivity index (χ4n) is 3.79. The highest BCUT2D eigenvalue weighted by Crippen LogP contribution is 2.24. The maximum absolute atomic E-state index is 13.2. The highest BCUT2D eigenvalue weighted by molar-refractivity contribution is 5.80. The van der Waals surface area contributed by atoms with Crippen molar-refractivity contribution < 1.29 is 19.1 Å². The fraction of sp³-hybridized carbons (Fsp3) is 0.636. The molecule has 0 aliphatic heterocycles. The molecule has 1 unspecified atom stereocenters. The van der Waals surface area contributed by atoms with Gasteiger partial charge in [0, 0.05) is 12.6 Å². The Labute approximate surface area is 163 Å². The number of carbonyl (C=O) groups excluding carboxylic acids is 2. The molecular weight excluding hydrogens is 342 g/mol. The predicted molar refractivity (Wildman–Crippen MR) is 106 cm³/mol. The Kier molecular flexibility index (Phi) is 8.62. The second kappa shape index (κ2) is 11.0. The summed E-state index contributed by atoms with van der Waals surface area (Å²) in [6, 6.07) is 7.82. The van der Waals surface area contributed by atoms with Crippen LogP contribution in [0, 0.1) is 5.92 Å². The molecule has 0 spiro atoms. The van der Waals surface area contributed by atoms with Crippen molar-refractivity contribution >= 4 is 11.9 Å². The zero-order valence-corrected chi connectivity index (χ0v) is 16.9. The van der Waals surface area contributed by atoms with Crippen LogP contribution >= 0.6 is 0 Å². The van der Waals surface area contributed by atoms with Gasteiger partial charge in [-0.3, -0.25) is 9.59 Å². The molecule has 1 aromatic rings. The summed E-state index contributed by atoms with van der Waals surface area (Å²) in [5.74, 6) is 0.284. The zero-order chi connectivity index (χ0) is 19.6. The van der Waals surface area contributed by atoms with Crippen molar-refractivity contribution in [1.82, 2.24) is 4.90 Å². The van der Waals surface area contributed by atoms with E-state index in [4.69, 9.17) is 9.47 Å². The minimum absolute atomic E-state index is 0.0847. The molecule has 5 nitrogen and oxygen atoms in total. The van der Waals surface area contributed by atoms with E-state index in [1.54, 1.807) is 7.11 Å². The molecule has 1 fully saturated rings. The Bertz CT molecular complexity index is 591. The SMILES string of the molecule is COC(=O)C(C)CN(C(=O)Cc1ccc(OC)cc1)C1CCCCCCC1. The second-order valence-corrected chi connectivity index (χ2v) is 7.49. The van der Waals surface area contributed by atoms with Crippen LogP contribution in [0.5, 0.6) is 5.75 Å². The monoisotopic (exact) mass is 375 g/mol. The molecule has 1 aliphatic rings. The molecule has 0 aromatic heterocycles. The molecule has 27 heavy (non-hydrogen) atoms. The Morgan fingerprint density at radius 2 is 1.63 bits per heavy atom. The fourth-order valence-corrected chi connectivity index (χ4v) is 3.79. The van der Waals surface area contributed by atoms with E-state index in [0.29, 0.717) is 13.0 Å². The van der Waals surface area contributed by atoms with Gasteiger partial charge in [-0.25, -0.2) is 0 Å². The number of nitrogens with zero attached hydrogens (tertiary/aromatic N) is 1. The Hall–Kier alpha value is -2.04. The summed E-state index contributed by atoms with van der Waals surface area (Å²) in [6.07, 6.45) is 8.39. The van der Waals surface area contributed by atoms with Crippen LogP contribution in [0.3, 0.4) is 0 Å². The molecule has 1 aliphatic carbocycles. The van der Waals surface area contributed by atoms with Gasteiger partial charge < -0.3 is 14.4 Å². The van der Waals surface area contributed by atoms with E-state index in [9.17, 15) is 9.59 Å². The summed E-state index contributed by atoms with van der Waals surface area (Å²) in [4.78, 5) is 27.0. The molecular formula is C22H33NO4. The number of benzene rings is 1. The number of esters is 1. The lowest BCUT2D eigenvalue weighted by atomic mass is 9.94. The van der Waals surface area contributed by atoms with Gasteiger partial charge >= 0.3 is 5.97 Å². The molecule has 5 heteroatoms. The molecule has 0 heterocycles. The molecule has 150 valence electrons. The van der Waals surface area contributed by atoms with Crippen LogP contribution in [0.4, 0.5) is 0 Å². The van der Waals surface area contributed by atoms with Gasteiger partial charge in [-0.05, 0) is 30.5 Å². The first-order valence-corrected chi connectivity index (χ1v) is 10.1. The molecule has 1 aromatic carbocycles. The Balaban J connectivity index is 2.12. The van der Waals surface area contributed by atoms with Gasteiger partial charge in [0.1, 0.15) is 5.75 Å². The third kappa shape index (κ3) is 6.56. The van der Waals surface area contributed by atoms with Gasteiger partial charge in [0.15, 0.2) is 0 Å². The topological polar surface area (TPSA) is 55.8 Å². The first-order chi connectivity index (χ1) is 13.0. The van der Waals surface area contributed by atoms with Gasteiger partial charge in [-0.15, -0.1) is 0 Å². The first kappa shape index (κ1) is 21.3. The van der Waals surface area contributed by atoms with Gasteiger partial charge in [-0.2, -0.15) is 0 Å². The number of hydrogen-bond donors (Lipinski definition) is 0. The van der Waals surface area contributed by atoms with Crippen molar-refractivity contribution in [3.8, 4) is 5.75 Å². The summed E-state index contributed by atoms with van der Waals surface area (Å²) in [6.45, 7) is 2.26. The lowest BCUT2D eigenvalue weighted by Crippen LogP contribution is -2.45. The molecule has 0 saturated heterocycles. The predicted octanol–water partition coefficient (Wildman–Crippen LogP) is 3.99. The number of ether oxygens (including phenoxy) is 2. The average molecular weight is 376 g/mol. The normalized spacial score (nSPS) is 16.7. The van der Waals surface area contributed by atoms with Crippen LogP contribution in [0.25, 0.3) is 0 Å². The summed E-state index contributed by atoms with van der Waals surface area (Å²) in [7, 11) is 3.03. The highest BCUT2D eigenvalue weighted by Gasteiger charge is 2.28. The Morgan fingerprint density at radius 1 is 1.04 bits per heavy atom. The quantitative estimate of drug-likeness (QED) is 0.676. The zero-order valence-electron chi connectivity index (χ0n) is 16.9. The van der Waals surface area contributed by atoms with E-state index in [-0.39, 0.29) is 23.8 Å². The molecule has 0 N–H and O–H groups in total. The van der Waals surface area contributed by atoms with Crippen LogP contribution in [-0.4, -0.2) is 43.6 Å². The summed E-state index contributed by atoms with van der Waals surface area (Å²) < 4.78 is 10.1. The van der Waals surface area contributed by atoms with Crippen molar-refractivity contribution in [3.05, 3.63) is 29.8 Å². The maximum atomic E-state index is 13.2. The van der Waals surface area contributed by atoms with E-state index in [0.717, 1.165) is 37.0 Å². The lowest BCUT2D eigenvalue weighted by molar-refractivity contribution is -0.147. The van der Waals surface area contributed by atoms with E-state index in [1.165, 1.54) is 26.4 Å². The third-order valence-electron chi connectivity index (χ3n) is 5.42. The largest absolute Gasteiger partial charge is 0.497 e. The van der Waals surface area contributed by atoms with Crippen molar-refractivity contribution in [2.24, 2.45) is 5.92 Å². The van der Waals surface area contributed by atoms with Crippen molar-refractivity contribution in [2.45, 2.75) is 64.3 Å². The van der Waals surface area contributed by atoms with Crippen molar-refractivity contribution in [3.63, 3.8) is 0 Å². The molecule has 1 amide bonds. The summed E-state index contributed by atoms with van der Waals surface area (Å²) >= 11 is 0. The number of methoxy groups -OCH3 is 2. The second-order valence-electron chi connectivity index (χ2n) is 7.49. The molecule has 0 bridgehead atoms. The van der Waals surface area contributed by atoms with E-state index >= 15 is 0 Å². The number of rotatable bonds is 7. The molecule has 0 radical (unpaired) electrons. The van der Waals surface area contributed by atoms with E-state index in [2.05, 4.69) is 0 Å². The lowest BCUT2D eigenvalue weighted by Gasteiger charge is -2.34. The number of hydrogen-bond acceptors (Lipinski definition) is 4. The average Bonchev–Trinajstić information content (AvgIpc) is 2.66. The minimum atomic E-state index is -0.319. The molecule has 1 atom stereocenters. The number of amides is 1. The maximum Gasteiger partial charge on any atom is 0.310 e. The van der Waals surface area contributed by atoms with Gasteiger partial charge in [-0.1, -0.05) is 51.2 Å². The van der Waals surface area contributed by atoms with Crippen LogP contribution in [0.2, 0.25) is 0 Å². The van der Waals surface area contributed by atoms with E-state index < -0.39 is 0 Å². The van der Waals surface area contributed by atoms with Gasteiger partial charge in [0.05, 0.1) is 26.6 Å². The number of carbonyl (C=O) groups is 2. The summed E-state index contributed by atoms with van der Waals surface area (Å²) in [5.41, 5.74) is 0.961. The van der Waals surface area contributed by atoms with Crippen LogP contribution in [0.1, 0.15) is 57.4 Å².